The Labute approximate surface area is 256 Å². The van der Waals surface area contributed by atoms with E-state index in [4.69, 9.17) is 4.42 Å². The molecular weight excluding hydrogens is 532 g/mol. The molecule has 0 atom stereocenters. The van der Waals surface area contributed by atoms with Crippen molar-refractivity contribution in [1.82, 2.24) is 0 Å². The van der Waals surface area contributed by atoms with E-state index in [1.165, 1.54) is 44.5 Å². The van der Waals surface area contributed by atoms with E-state index in [2.05, 4.69) is 158 Å². The molecule has 9 rings (SSSR count). The van der Waals surface area contributed by atoms with E-state index in [9.17, 15) is 0 Å². The van der Waals surface area contributed by atoms with Crippen molar-refractivity contribution >= 4 is 21.9 Å². The van der Waals surface area contributed by atoms with Gasteiger partial charge < -0.3 is 4.42 Å². The molecule has 0 N–H and O–H groups in total. The summed E-state index contributed by atoms with van der Waals surface area (Å²) in [5, 5.41) is 2.30. The third-order valence-corrected chi connectivity index (χ3v) is 9.41. The van der Waals surface area contributed by atoms with Crippen LogP contribution in [-0.2, 0) is 5.41 Å². The minimum atomic E-state index is -0.438. The summed E-state index contributed by atoms with van der Waals surface area (Å²) in [6.45, 7) is 0. The molecule has 1 nitrogen and oxygen atoms in total. The summed E-state index contributed by atoms with van der Waals surface area (Å²) in [6, 6.07) is 61.5. The van der Waals surface area contributed by atoms with Crippen LogP contribution in [0, 0.1) is 0 Å². The van der Waals surface area contributed by atoms with E-state index in [1.54, 1.807) is 0 Å². The molecule has 7 aromatic carbocycles. The number of hydrogen-bond donors (Lipinski definition) is 0. The van der Waals surface area contributed by atoms with Crippen LogP contribution < -0.4 is 0 Å². The smallest absolute Gasteiger partial charge is 0.143 e. The first-order chi connectivity index (χ1) is 21.8. The molecule has 0 saturated carbocycles. The maximum Gasteiger partial charge on any atom is 0.143 e. The number of benzene rings is 7. The van der Waals surface area contributed by atoms with Crippen LogP contribution in [0.2, 0.25) is 0 Å². The molecule has 44 heavy (non-hydrogen) atoms. The summed E-state index contributed by atoms with van der Waals surface area (Å²) in [6.07, 6.45) is 0. The van der Waals surface area contributed by atoms with Crippen molar-refractivity contribution < 1.29 is 4.42 Å². The Kier molecular flexibility index (Phi) is 5.48. The second-order valence-corrected chi connectivity index (χ2v) is 11.6. The van der Waals surface area contributed by atoms with Crippen molar-refractivity contribution in [1.29, 1.82) is 0 Å². The molecule has 0 bridgehead atoms. The molecule has 0 amide bonds. The minimum Gasteiger partial charge on any atom is -0.455 e. The van der Waals surface area contributed by atoms with Gasteiger partial charge in [-0.3, -0.25) is 0 Å². The van der Waals surface area contributed by atoms with Crippen LogP contribution in [0.4, 0.5) is 0 Å². The van der Waals surface area contributed by atoms with Crippen LogP contribution in [0.3, 0.4) is 0 Å². The molecule has 0 radical (unpaired) electrons. The van der Waals surface area contributed by atoms with E-state index in [1.807, 2.05) is 12.1 Å². The van der Waals surface area contributed by atoms with Crippen molar-refractivity contribution in [3.05, 3.63) is 192 Å². The lowest BCUT2D eigenvalue weighted by molar-refractivity contribution is 0.670. The largest absolute Gasteiger partial charge is 0.455 e. The van der Waals surface area contributed by atoms with Crippen molar-refractivity contribution in [2.24, 2.45) is 0 Å². The first kappa shape index (κ1) is 24.9. The maximum absolute atomic E-state index is 6.40. The fraction of sp³-hybridized carbons (Fsp3) is 0.0233. The number of para-hydroxylation sites is 2. The summed E-state index contributed by atoms with van der Waals surface area (Å²) < 4.78 is 6.40. The standard InChI is InChI=1S/C43H28O/c1-2-11-29(12-3-1)30-21-25-32(26-22-30)43(39-18-7-4-13-35(39)36-14-5-8-19-40(36)43)33-27-23-31(24-28-33)34-16-10-17-38-37-15-6-9-20-41(37)44-42(34)38/h1-28H. The van der Waals surface area contributed by atoms with Gasteiger partial charge in [0.1, 0.15) is 11.2 Å². The average Bonchev–Trinajstić information content (AvgIpc) is 3.63. The van der Waals surface area contributed by atoms with Gasteiger partial charge in [-0.25, -0.2) is 0 Å². The van der Waals surface area contributed by atoms with E-state index < -0.39 is 5.41 Å². The molecule has 0 saturated heterocycles. The van der Waals surface area contributed by atoms with Gasteiger partial charge in [-0.05, 0) is 56.1 Å². The monoisotopic (exact) mass is 560 g/mol. The van der Waals surface area contributed by atoms with Gasteiger partial charge >= 0.3 is 0 Å². The summed E-state index contributed by atoms with van der Waals surface area (Å²) in [4.78, 5) is 0. The molecule has 1 aromatic heterocycles. The lowest BCUT2D eigenvalue weighted by Gasteiger charge is -2.34. The highest BCUT2D eigenvalue weighted by Crippen LogP contribution is 2.56. The Morgan fingerprint density at radius 3 is 1.52 bits per heavy atom. The van der Waals surface area contributed by atoms with Gasteiger partial charge in [0.05, 0.1) is 5.41 Å². The van der Waals surface area contributed by atoms with Crippen LogP contribution in [0.15, 0.2) is 174 Å². The summed E-state index contributed by atoms with van der Waals surface area (Å²) in [7, 11) is 0. The first-order valence-electron chi connectivity index (χ1n) is 15.2. The predicted octanol–water partition coefficient (Wildman–Crippen LogP) is 11.3. The summed E-state index contributed by atoms with van der Waals surface area (Å²) in [5.41, 5.74) is 13.9. The molecule has 8 aromatic rings. The van der Waals surface area contributed by atoms with E-state index >= 15 is 0 Å². The molecule has 0 unspecified atom stereocenters. The molecule has 0 aliphatic heterocycles. The Morgan fingerprint density at radius 1 is 0.341 bits per heavy atom. The van der Waals surface area contributed by atoms with Crippen LogP contribution in [0.5, 0.6) is 0 Å². The molecular formula is C43H28O. The highest BCUT2D eigenvalue weighted by atomic mass is 16.3. The summed E-state index contributed by atoms with van der Waals surface area (Å²) >= 11 is 0. The van der Waals surface area contributed by atoms with Gasteiger partial charge in [-0.1, -0.05) is 164 Å². The van der Waals surface area contributed by atoms with Crippen LogP contribution in [0.25, 0.3) is 55.3 Å². The number of rotatable bonds is 4. The molecule has 1 heteroatoms. The van der Waals surface area contributed by atoms with Gasteiger partial charge in [0.25, 0.3) is 0 Å². The first-order valence-corrected chi connectivity index (χ1v) is 15.2. The van der Waals surface area contributed by atoms with Crippen molar-refractivity contribution in [3.8, 4) is 33.4 Å². The zero-order chi connectivity index (χ0) is 29.1. The topological polar surface area (TPSA) is 13.1 Å². The molecule has 1 aliphatic rings. The van der Waals surface area contributed by atoms with Crippen LogP contribution >= 0.6 is 0 Å². The van der Waals surface area contributed by atoms with Crippen molar-refractivity contribution in [3.63, 3.8) is 0 Å². The van der Waals surface area contributed by atoms with Crippen molar-refractivity contribution in [2.75, 3.05) is 0 Å². The predicted molar refractivity (Wildman–Crippen MR) is 182 cm³/mol. The van der Waals surface area contributed by atoms with Crippen LogP contribution in [-0.4, -0.2) is 0 Å². The van der Waals surface area contributed by atoms with E-state index in [-0.39, 0.29) is 0 Å². The molecule has 0 fully saturated rings. The Bertz CT molecular complexity index is 2260. The third kappa shape index (κ3) is 3.53. The van der Waals surface area contributed by atoms with Crippen molar-refractivity contribution in [2.45, 2.75) is 5.41 Å². The average molecular weight is 561 g/mol. The molecule has 206 valence electrons. The number of furan rings is 1. The highest BCUT2D eigenvalue weighted by molar-refractivity contribution is 6.09. The van der Waals surface area contributed by atoms with Gasteiger partial charge in [0.2, 0.25) is 0 Å². The van der Waals surface area contributed by atoms with Gasteiger partial charge in [0, 0.05) is 16.3 Å². The normalized spacial score (nSPS) is 13.2. The number of hydrogen-bond acceptors (Lipinski definition) is 1. The van der Waals surface area contributed by atoms with Crippen LogP contribution in [0.1, 0.15) is 22.3 Å². The highest BCUT2D eigenvalue weighted by Gasteiger charge is 2.45. The maximum atomic E-state index is 6.40. The SMILES string of the molecule is c1ccc(-c2ccc(C3(c4ccc(-c5cccc6c5oc5ccccc56)cc4)c4ccccc4-c4ccccc43)cc2)cc1. The zero-order valence-electron chi connectivity index (χ0n) is 24.1. The van der Waals surface area contributed by atoms with Gasteiger partial charge in [0.15, 0.2) is 0 Å². The zero-order valence-corrected chi connectivity index (χ0v) is 24.1. The van der Waals surface area contributed by atoms with E-state index in [0.29, 0.717) is 0 Å². The Morgan fingerprint density at radius 2 is 0.841 bits per heavy atom. The lowest BCUT2D eigenvalue weighted by Crippen LogP contribution is -2.28. The van der Waals surface area contributed by atoms with Gasteiger partial charge in [-0.2, -0.15) is 0 Å². The number of fused-ring (bicyclic) bond motifs is 6. The lowest BCUT2D eigenvalue weighted by atomic mass is 9.67. The second kappa shape index (κ2) is 9.69. The Balaban J connectivity index is 1.25. The summed E-state index contributed by atoms with van der Waals surface area (Å²) in [5.74, 6) is 0. The Hall–Kier alpha value is -5.66. The second-order valence-electron chi connectivity index (χ2n) is 11.6. The fourth-order valence-corrected chi connectivity index (χ4v) is 7.44. The quantitative estimate of drug-likeness (QED) is 0.209. The molecule has 1 heterocycles. The molecule has 0 spiro atoms. The van der Waals surface area contributed by atoms with Gasteiger partial charge in [-0.15, -0.1) is 0 Å². The molecule has 1 aliphatic carbocycles. The minimum absolute atomic E-state index is 0.438. The fourth-order valence-electron chi connectivity index (χ4n) is 7.44. The van der Waals surface area contributed by atoms with E-state index in [0.717, 1.165) is 33.1 Å². The third-order valence-electron chi connectivity index (χ3n) is 9.41.